The van der Waals surface area contributed by atoms with Crippen LogP contribution in [0.25, 0.3) is 0 Å². The monoisotopic (exact) mass is 221 g/mol. The van der Waals surface area contributed by atoms with Gasteiger partial charge in [0.05, 0.1) is 6.10 Å². The summed E-state index contributed by atoms with van der Waals surface area (Å²) in [5.74, 6) is 2.65. The first-order valence-electron chi connectivity index (χ1n) is 6.66. The van der Waals surface area contributed by atoms with Crippen molar-refractivity contribution < 1.29 is 5.11 Å². The zero-order valence-electron chi connectivity index (χ0n) is 10.1. The molecule has 0 bridgehead atoms. The summed E-state index contributed by atoms with van der Waals surface area (Å²) in [6, 6.07) is 0. The predicted octanol–water partition coefficient (Wildman–Crippen LogP) is 2.17. The van der Waals surface area contributed by atoms with E-state index < -0.39 is 0 Å². The Kier molecular flexibility index (Phi) is 3.89. The van der Waals surface area contributed by atoms with Crippen molar-refractivity contribution >= 4 is 0 Å². The summed E-state index contributed by atoms with van der Waals surface area (Å²) in [5, 5.41) is 10.5. The Bertz CT molecular complexity index is 256. The Morgan fingerprint density at radius 2 is 1.81 bits per heavy atom. The Balaban J connectivity index is 2.05. The minimum absolute atomic E-state index is 0.0767. The fourth-order valence-corrected chi connectivity index (χ4v) is 3.50. The first-order valence-corrected chi connectivity index (χ1v) is 6.66. The molecule has 16 heavy (non-hydrogen) atoms. The maximum atomic E-state index is 10.5. The van der Waals surface area contributed by atoms with Gasteiger partial charge in [0, 0.05) is 12.0 Å². The van der Waals surface area contributed by atoms with E-state index >= 15 is 0 Å². The van der Waals surface area contributed by atoms with Gasteiger partial charge in [-0.05, 0) is 45.2 Å². The highest BCUT2D eigenvalue weighted by molar-refractivity contribution is 5.02. The third kappa shape index (κ3) is 2.12. The quantitative estimate of drug-likeness (QED) is 0.735. The first-order chi connectivity index (χ1) is 7.79. The van der Waals surface area contributed by atoms with Crippen LogP contribution in [0.3, 0.4) is 0 Å². The number of likely N-dealkylation sites (tertiary alicyclic amines) is 1. The highest BCUT2D eigenvalue weighted by atomic mass is 16.3. The van der Waals surface area contributed by atoms with E-state index in [4.69, 9.17) is 6.42 Å². The molecule has 1 heterocycles. The van der Waals surface area contributed by atoms with Crippen molar-refractivity contribution in [3.8, 4) is 12.3 Å². The molecule has 1 N–H and O–H groups in total. The summed E-state index contributed by atoms with van der Waals surface area (Å²) in [5.41, 5.74) is 0.0767. The second-order valence-corrected chi connectivity index (χ2v) is 5.26. The van der Waals surface area contributed by atoms with Crippen molar-refractivity contribution in [2.75, 3.05) is 13.1 Å². The van der Waals surface area contributed by atoms with E-state index in [9.17, 15) is 5.11 Å². The molecular formula is C14H23NO. The normalized spacial score (nSPS) is 26.8. The zero-order chi connectivity index (χ0) is 11.4. The summed E-state index contributed by atoms with van der Waals surface area (Å²) >= 11 is 0. The minimum Gasteiger partial charge on any atom is -0.391 e. The Morgan fingerprint density at radius 1 is 1.19 bits per heavy atom. The Morgan fingerprint density at radius 3 is 2.38 bits per heavy atom. The van der Waals surface area contributed by atoms with Crippen molar-refractivity contribution in [2.24, 2.45) is 0 Å². The van der Waals surface area contributed by atoms with Crippen molar-refractivity contribution in [3.63, 3.8) is 0 Å². The molecule has 90 valence electrons. The topological polar surface area (TPSA) is 23.5 Å². The molecule has 2 aliphatic rings. The van der Waals surface area contributed by atoms with Crippen LogP contribution in [0.15, 0.2) is 0 Å². The van der Waals surface area contributed by atoms with Crippen LogP contribution < -0.4 is 0 Å². The molecule has 2 fully saturated rings. The van der Waals surface area contributed by atoms with E-state index in [0.717, 1.165) is 6.42 Å². The standard InChI is InChI=1S/C14H23NO/c1-2-3-8-13(16)14(9-4-5-10-14)15-11-6-7-12-15/h1,13,16H,3-12H2. The smallest absolute Gasteiger partial charge is 0.0732 e. The summed E-state index contributed by atoms with van der Waals surface area (Å²) < 4.78 is 0. The minimum atomic E-state index is -0.218. The van der Waals surface area contributed by atoms with Gasteiger partial charge in [0.2, 0.25) is 0 Å². The van der Waals surface area contributed by atoms with Crippen molar-refractivity contribution in [2.45, 2.75) is 63.0 Å². The van der Waals surface area contributed by atoms with E-state index in [1.54, 1.807) is 0 Å². The molecule has 0 spiro atoms. The summed E-state index contributed by atoms with van der Waals surface area (Å²) in [6.07, 6.45) is 14.0. The van der Waals surface area contributed by atoms with Gasteiger partial charge in [-0.3, -0.25) is 4.90 Å². The van der Waals surface area contributed by atoms with Crippen molar-refractivity contribution in [1.82, 2.24) is 4.90 Å². The van der Waals surface area contributed by atoms with E-state index in [-0.39, 0.29) is 11.6 Å². The number of aliphatic hydroxyl groups is 1. The lowest BCUT2D eigenvalue weighted by molar-refractivity contribution is -0.0211. The molecule has 2 nitrogen and oxygen atoms in total. The van der Waals surface area contributed by atoms with Crippen LogP contribution in [-0.2, 0) is 0 Å². The molecule has 1 saturated heterocycles. The first kappa shape index (κ1) is 12.0. The molecule has 1 saturated carbocycles. The van der Waals surface area contributed by atoms with Gasteiger partial charge in [-0.1, -0.05) is 12.8 Å². The fraction of sp³-hybridized carbons (Fsp3) is 0.857. The Labute approximate surface area is 99.0 Å². The highest BCUT2D eigenvalue weighted by Gasteiger charge is 2.45. The molecule has 1 aliphatic carbocycles. The highest BCUT2D eigenvalue weighted by Crippen LogP contribution is 2.41. The summed E-state index contributed by atoms with van der Waals surface area (Å²) in [7, 11) is 0. The van der Waals surface area contributed by atoms with Gasteiger partial charge in [-0.2, -0.15) is 0 Å². The largest absolute Gasteiger partial charge is 0.391 e. The average molecular weight is 221 g/mol. The molecule has 1 atom stereocenters. The molecule has 0 aromatic heterocycles. The van der Waals surface area contributed by atoms with Crippen LogP contribution in [0.5, 0.6) is 0 Å². The molecule has 1 aliphatic heterocycles. The zero-order valence-corrected chi connectivity index (χ0v) is 10.1. The van der Waals surface area contributed by atoms with Gasteiger partial charge in [0.15, 0.2) is 0 Å². The van der Waals surface area contributed by atoms with E-state index in [1.165, 1.54) is 51.6 Å². The lowest BCUT2D eigenvalue weighted by Gasteiger charge is -2.42. The molecule has 2 rings (SSSR count). The third-order valence-corrected chi connectivity index (χ3v) is 4.39. The van der Waals surface area contributed by atoms with E-state index in [2.05, 4.69) is 10.8 Å². The van der Waals surface area contributed by atoms with E-state index in [1.807, 2.05) is 0 Å². The molecule has 2 heteroatoms. The number of aliphatic hydroxyl groups excluding tert-OH is 1. The average Bonchev–Trinajstić information content (AvgIpc) is 2.95. The number of nitrogens with zero attached hydrogens (tertiary/aromatic N) is 1. The fourth-order valence-electron chi connectivity index (χ4n) is 3.50. The molecular weight excluding hydrogens is 198 g/mol. The summed E-state index contributed by atoms with van der Waals surface area (Å²) in [6.45, 7) is 2.35. The number of hydrogen-bond donors (Lipinski definition) is 1. The SMILES string of the molecule is C#CCCC(O)C1(N2CCCC2)CCCC1. The molecule has 1 unspecified atom stereocenters. The second-order valence-electron chi connectivity index (χ2n) is 5.26. The van der Waals surface area contributed by atoms with Gasteiger partial charge in [0.25, 0.3) is 0 Å². The maximum absolute atomic E-state index is 10.5. The second kappa shape index (κ2) is 5.21. The number of terminal acetylenes is 1. The maximum Gasteiger partial charge on any atom is 0.0732 e. The van der Waals surface area contributed by atoms with Gasteiger partial charge < -0.3 is 5.11 Å². The third-order valence-electron chi connectivity index (χ3n) is 4.39. The molecule has 0 aromatic carbocycles. The van der Waals surface area contributed by atoms with Crippen LogP contribution in [0, 0.1) is 12.3 Å². The molecule has 0 radical (unpaired) electrons. The molecule has 0 amide bonds. The van der Waals surface area contributed by atoms with Gasteiger partial charge in [-0.25, -0.2) is 0 Å². The lowest BCUT2D eigenvalue weighted by Crippen LogP contribution is -2.53. The molecule has 0 aromatic rings. The van der Waals surface area contributed by atoms with Gasteiger partial charge >= 0.3 is 0 Å². The van der Waals surface area contributed by atoms with Crippen LogP contribution in [0.1, 0.15) is 51.4 Å². The Hall–Kier alpha value is -0.520. The number of rotatable bonds is 4. The number of hydrogen-bond acceptors (Lipinski definition) is 2. The summed E-state index contributed by atoms with van der Waals surface area (Å²) in [4.78, 5) is 2.54. The van der Waals surface area contributed by atoms with Crippen LogP contribution in [0.4, 0.5) is 0 Å². The van der Waals surface area contributed by atoms with Crippen LogP contribution >= 0.6 is 0 Å². The van der Waals surface area contributed by atoms with Crippen LogP contribution in [0.2, 0.25) is 0 Å². The van der Waals surface area contributed by atoms with Crippen LogP contribution in [-0.4, -0.2) is 34.7 Å². The predicted molar refractivity (Wildman–Crippen MR) is 66.1 cm³/mol. The van der Waals surface area contributed by atoms with Crippen molar-refractivity contribution in [3.05, 3.63) is 0 Å². The lowest BCUT2D eigenvalue weighted by atomic mass is 9.86. The van der Waals surface area contributed by atoms with Gasteiger partial charge in [-0.15, -0.1) is 12.3 Å². The van der Waals surface area contributed by atoms with Gasteiger partial charge in [0.1, 0.15) is 0 Å². The van der Waals surface area contributed by atoms with E-state index in [0.29, 0.717) is 6.42 Å². The van der Waals surface area contributed by atoms with Crippen molar-refractivity contribution in [1.29, 1.82) is 0 Å².